The number of rotatable bonds is 3. The Balaban J connectivity index is 2.32. The molecule has 0 aliphatic rings. The van der Waals surface area contributed by atoms with Crippen LogP contribution in [-0.2, 0) is 11.2 Å². The molecule has 0 atom stereocenters. The molecular weight excluding hydrogens is 246 g/mol. The number of carboxylic acids is 1. The van der Waals surface area contributed by atoms with Crippen molar-refractivity contribution in [1.82, 2.24) is 4.98 Å². The quantitative estimate of drug-likeness (QED) is 0.915. The first kappa shape index (κ1) is 11.1. The van der Waals surface area contributed by atoms with Crippen molar-refractivity contribution in [2.24, 2.45) is 0 Å². The predicted octanol–water partition coefficient (Wildman–Crippen LogP) is 3.09. The minimum atomic E-state index is -0.852. The molecule has 0 saturated carbocycles. The molecule has 5 heteroatoms. The monoisotopic (exact) mass is 253 g/mol. The Morgan fingerprint density at radius 2 is 2.19 bits per heavy atom. The number of aliphatic carboxylic acids is 1. The van der Waals surface area contributed by atoms with E-state index in [2.05, 4.69) is 4.98 Å². The van der Waals surface area contributed by atoms with Crippen LogP contribution in [0.1, 0.15) is 4.88 Å². The molecule has 3 nitrogen and oxygen atoms in total. The number of carboxylic acid groups (broad SMARTS) is 1. The second kappa shape index (κ2) is 4.63. The molecule has 82 valence electrons. The number of aromatic nitrogens is 1. The number of hydrogen-bond donors (Lipinski definition) is 1. The van der Waals surface area contributed by atoms with Crippen LogP contribution in [0.3, 0.4) is 0 Å². The van der Waals surface area contributed by atoms with Gasteiger partial charge in [0.2, 0.25) is 0 Å². The van der Waals surface area contributed by atoms with E-state index in [4.69, 9.17) is 16.7 Å². The lowest BCUT2D eigenvalue weighted by Crippen LogP contribution is -1.97. The van der Waals surface area contributed by atoms with E-state index >= 15 is 0 Å². The van der Waals surface area contributed by atoms with Gasteiger partial charge in [-0.05, 0) is 6.07 Å². The van der Waals surface area contributed by atoms with Gasteiger partial charge in [0.1, 0.15) is 5.01 Å². The average Bonchev–Trinajstić information content (AvgIpc) is 2.66. The number of nitrogens with zero attached hydrogens (tertiary/aromatic N) is 1. The first-order chi connectivity index (χ1) is 7.66. The first-order valence-electron chi connectivity index (χ1n) is 4.58. The van der Waals surface area contributed by atoms with Gasteiger partial charge < -0.3 is 5.11 Å². The Kier molecular flexibility index (Phi) is 3.22. The van der Waals surface area contributed by atoms with E-state index in [0.717, 1.165) is 15.4 Å². The van der Waals surface area contributed by atoms with Crippen LogP contribution in [0.5, 0.6) is 0 Å². The molecule has 0 amide bonds. The Morgan fingerprint density at radius 3 is 2.88 bits per heavy atom. The zero-order valence-electron chi connectivity index (χ0n) is 8.18. The molecule has 0 radical (unpaired) electrons. The Morgan fingerprint density at radius 1 is 1.44 bits per heavy atom. The summed E-state index contributed by atoms with van der Waals surface area (Å²) in [5, 5.41) is 10.0. The topological polar surface area (TPSA) is 50.2 Å². The Bertz CT molecular complexity index is 524. The molecule has 1 aromatic heterocycles. The molecule has 0 fully saturated rings. The van der Waals surface area contributed by atoms with E-state index in [1.54, 1.807) is 12.3 Å². The molecule has 0 bridgehead atoms. The number of thiazole rings is 1. The van der Waals surface area contributed by atoms with Gasteiger partial charge in [0.25, 0.3) is 0 Å². The SMILES string of the molecule is O=C(O)Cc1cnc(-c2ccccc2Cl)s1. The second-order valence-electron chi connectivity index (χ2n) is 3.18. The summed E-state index contributed by atoms with van der Waals surface area (Å²) in [4.78, 5) is 15.4. The first-order valence-corrected chi connectivity index (χ1v) is 5.77. The van der Waals surface area contributed by atoms with Crippen LogP contribution in [0.4, 0.5) is 0 Å². The number of carbonyl (C=O) groups is 1. The molecule has 2 aromatic rings. The number of benzene rings is 1. The third-order valence-electron chi connectivity index (χ3n) is 1.98. The van der Waals surface area contributed by atoms with Gasteiger partial charge in [-0.1, -0.05) is 29.8 Å². The van der Waals surface area contributed by atoms with E-state index in [1.807, 2.05) is 18.2 Å². The molecule has 1 heterocycles. The number of halogens is 1. The summed E-state index contributed by atoms with van der Waals surface area (Å²) in [6.07, 6.45) is 1.58. The fraction of sp³-hybridized carbons (Fsp3) is 0.0909. The molecule has 1 N–H and O–H groups in total. The Hall–Kier alpha value is -1.39. The highest BCUT2D eigenvalue weighted by atomic mass is 35.5. The normalized spacial score (nSPS) is 10.3. The van der Waals surface area contributed by atoms with Gasteiger partial charge >= 0.3 is 5.97 Å². The summed E-state index contributed by atoms with van der Waals surface area (Å²) in [6, 6.07) is 7.37. The van der Waals surface area contributed by atoms with E-state index in [9.17, 15) is 4.79 Å². The highest BCUT2D eigenvalue weighted by Crippen LogP contribution is 2.30. The van der Waals surface area contributed by atoms with Crippen LogP contribution in [0.2, 0.25) is 5.02 Å². The van der Waals surface area contributed by atoms with Crippen molar-refractivity contribution in [3.63, 3.8) is 0 Å². The van der Waals surface area contributed by atoms with Crippen LogP contribution in [0, 0.1) is 0 Å². The average molecular weight is 254 g/mol. The Labute approximate surface area is 101 Å². The van der Waals surface area contributed by atoms with Crippen molar-refractivity contribution in [3.05, 3.63) is 40.4 Å². The standard InChI is InChI=1S/C11H8ClNO2S/c12-9-4-2-1-3-8(9)11-13-6-7(16-11)5-10(14)15/h1-4,6H,5H2,(H,14,15). The summed E-state index contributed by atoms with van der Waals surface area (Å²) in [6.45, 7) is 0. The molecule has 1 aromatic carbocycles. The lowest BCUT2D eigenvalue weighted by Gasteiger charge is -1.97. The van der Waals surface area contributed by atoms with E-state index < -0.39 is 5.97 Å². The summed E-state index contributed by atoms with van der Waals surface area (Å²) < 4.78 is 0. The minimum absolute atomic E-state index is 0.00210. The summed E-state index contributed by atoms with van der Waals surface area (Å²) >= 11 is 7.38. The van der Waals surface area contributed by atoms with E-state index in [1.165, 1.54) is 11.3 Å². The highest BCUT2D eigenvalue weighted by molar-refractivity contribution is 7.15. The predicted molar refractivity (Wildman–Crippen MR) is 63.9 cm³/mol. The zero-order chi connectivity index (χ0) is 11.5. The van der Waals surface area contributed by atoms with Gasteiger partial charge in [-0.15, -0.1) is 11.3 Å². The minimum Gasteiger partial charge on any atom is -0.481 e. The van der Waals surface area contributed by atoms with Crippen LogP contribution < -0.4 is 0 Å². The fourth-order valence-corrected chi connectivity index (χ4v) is 2.52. The molecule has 16 heavy (non-hydrogen) atoms. The molecule has 0 spiro atoms. The number of hydrogen-bond acceptors (Lipinski definition) is 3. The van der Waals surface area contributed by atoms with E-state index in [-0.39, 0.29) is 6.42 Å². The van der Waals surface area contributed by atoms with Crippen molar-refractivity contribution in [3.8, 4) is 10.6 Å². The third kappa shape index (κ3) is 2.40. The van der Waals surface area contributed by atoms with Gasteiger partial charge in [0.05, 0.1) is 11.4 Å². The van der Waals surface area contributed by atoms with Crippen molar-refractivity contribution >= 4 is 28.9 Å². The van der Waals surface area contributed by atoms with Gasteiger partial charge in [0.15, 0.2) is 0 Å². The summed E-state index contributed by atoms with van der Waals surface area (Å²) in [7, 11) is 0. The summed E-state index contributed by atoms with van der Waals surface area (Å²) in [5.41, 5.74) is 0.839. The van der Waals surface area contributed by atoms with Crippen LogP contribution in [0.25, 0.3) is 10.6 Å². The maximum Gasteiger partial charge on any atom is 0.308 e. The third-order valence-corrected chi connectivity index (χ3v) is 3.34. The fourth-order valence-electron chi connectivity index (χ4n) is 1.30. The van der Waals surface area contributed by atoms with Crippen LogP contribution in [0.15, 0.2) is 30.5 Å². The van der Waals surface area contributed by atoms with Crippen LogP contribution in [-0.4, -0.2) is 16.1 Å². The maximum atomic E-state index is 10.5. The van der Waals surface area contributed by atoms with Crippen molar-refractivity contribution in [2.45, 2.75) is 6.42 Å². The smallest absolute Gasteiger partial charge is 0.308 e. The zero-order valence-corrected chi connectivity index (χ0v) is 9.76. The summed E-state index contributed by atoms with van der Waals surface area (Å²) in [5.74, 6) is -0.852. The lowest BCUT2D eigenvalue weighted by molar-refractivity contribution is -0.136. The molecule has 0 aliphatic carbocycles. The van der Waals surface area contributed by atoms with Crippen molar-refractivity contribution in [2.75, 3.05) is 0 Å². The molecule has 0 aliphatic heterocycles. The van der Waals surface area contributed by atoms with Gasteiger partial charge in [-0.3, -0.25) is 4.79 Å². The molecule has 2 rings (SSSR count). The van der Waals surface area contributed by atoms with Crippen LogP contribution >= 0.6 is 22.9 Å². The molecule has 0 unspecified atom stereocenters. The van der Waals surface area contributed by atoms with Crippen molar-refractivity contribution < 1.29 is 9.90 Å². The molecule has 0 saturated heterocycles. The van der Waals surface area contributed by atoms with Crippen molar-refractivity contribution in [1.29, 1.82) is 0 Å². The largest absolute Gasteiger partial charge is 0.481 e. The highest BCUT2D eigenvalue weighted by Gasteiger charge is 2.09. The van der Waals surface area contributed by atoms with Gasteiger partial charge in [-0.25, -0.2) is 4.98 Å². The van der Waals surface area contributed by atoms with E-state index in [0.29, 0.717) is 5.02 Å². The second-order valence-corrected chi connectivity index (χ2v) is 4.70. The maximum absolute atomic E-state index is 10.5. The molecular formula is C11H8ClNO2S. The lowest BCUT2D eigenvalue weighted by atomic mass is 10.2. The van der Waals surface area contributed by atoms with Gasteiger partial charge in [-0.2, -0.15) is 0 Å². The van der Waals surface area contributed by atoms with Gasteiger partial charge in [0, 0.05) is 16.6 Å².